The van der Waals surface area contributed by atoms with Gasteiger partial charge in [0.25, 0.3) is 0 Å². The maximum atomic E-state index is 12.6. The molecule has 2 rings (SSSR count). The quantitative estimate of drug-likeness (QED) is 0.826. The van der Waals surface area contributed by atoms with E-state index in [2.05, 4.69) is 10.2 Å². The highest BCUT2D eigenvalue weighted by molar-refractivity contribution is 6.02. The van der Waals surface area contributed by atoms with Crippen LogP contribution in [0.1, 0.15) is 23.2 Å². The lowest BCUT2D eigenvalue weighted by molar-refractivity contribution is -0.121. The molecule has 1 aliphatic rings. The maximum Gasteiger partial charge on any atom is 0.340 e. The van der Waals surface area contributed by atoms with Gasteiger partial charge in [-0.05, 0) is 26.4 Å². The molecule has 0 aromatic heterocycles. The molecule has 1 amide bonds. The minimum Gasteiger partial charge on any atom is -0.493 e. The van der Waals surface area contributed by atoms with E-state index in [1.165, 1.54) is 27.4 Å². The standard InChI is InChI=1S/C17H24N2O5/c1-19-7-5-6-11(10-19)16(20)18-13-9-15(23-3)14(22-2)8-12(13)17(21)24-4/h8-9,11H,5-7,10H2,1-4H3,(H,18,20)/t11-/m0/s1. The smallest absolute Gasteiger partial charge is 0.340 e. The number of esters is 1. The van der Waals surface area contributed by atoms with Crippen LogP contribution in [0, 0.1) is 5.92 Å². The monoisotopic (exact) mass is 336 g/mol. The molecule has 1 saturated heterocycles. The Labute approximate surface area is 141 Å². The molecule has 7 heteroatoms. The van der Waals surface area contributed by atoms with Crippen LogP contribution in [0.5, 0.6) is 11.5 Å². The Morgan fingerprint density at radius 1 is 1.17 bits per heavy atom. The molecule has 1 atom stereocenters. The van der Waals surface area contributed by atoms with Gasteiger partial charge in [-0.15, -0.1) is 0 Å². The summed E-state index contributed by atoms with van der Waals surface area (Å²) in [5.41, 5.74) is 0.588. The largest absolute Gasteiger partial charge is 0.493 e. The first-order valence-electron chi connectivity index (χ1n) is 7.83. The van der Waals surface area contributed by atoms with Gasteiger partial charge < -0.3 is 24.4 Å². The van der Waals surface area contributed by atoms with E-state index < -0.39 is 5.97 Å². The number of ether oxygens (including phenoxy) is 3. The predicted molar refractivity (Wildman–Crippen MR) is 89.7 cm³/mol. The summed E-state index contributed by atoms with van der Waals surface area (Å²) in [7, 11) is 6.27. The minimum absolute atomic E-state index is 0.109. The van der Waals surface area contributed by atoms with Gasteiger partial charge in [0.2, 0.25) is 5.91 Å². The lowest BCUT2D eigenvalue weighted by atomic mass is 9.97. The van der Waals surface area contributed by atoms with E-state index in [0.29, 0.717) is 23.7 Å². The van der Waals surface area contributed by atoms with Crippen LogP contribution in [0.4, 0.5) is 5.69 Å². The number of carbonyl (C=O) groups is 2. The molecule has 132 valence electrons. The fraction of sp³-hybridized carbons (Fsp3) is 0.529. The third-order valence-corrected chi connectivity index (χ3v) is 4.18. The van der Waals surface area contributed by atoms with Gasteiger partial charge in [-0.25, -0.2) is 4.79 Å². The third-order valence-electron chi connectivity index (χ3n) is 4.18. The molecule has 1 fully saturated rings. The van der Waals surface area contributed by atoms with Gasteiger partial charge in [-0.1, -0.05) is 0 Å². The Bertz CT molecular complexity index is 617. The van der Waals surface area contributed by atoms with Crippen molar-refractivity contribution >= 4 is 17.6 Å². The number of amides is 1. The Morgan fingerprint density at radius 2 is 1.83 bits per heavy atom. The minimum atomic E-state index is -0.549. The summed E-state index contributed by atoms with van der Waals surface area (Å²) in [5, 5.41) is 2.84. The van der Waals surface area contributed by atoms with E-state index in [1.54, 1.807) is 6.07 Å². The molecule has 1 aromatic carbocycles. The fourth-order valence-corrected chi connectivity index (χ4v) is 2.88. The Hall–Kier alpha value is -2.28. The van der Waals surface area contributed by atoms with Crippen molar-refractivity contribution < 1.29 is 23.8 Å². The fourth-order valence-electron chi connectivity index (χ4n) is 2.88. The summed E-state index contributed by atoms with van der Waals surface area (Å²) in [6.45, 7) is 1.69. The molecule has 1 aromatic rings. The molecular formula is C17H24N2O5. The normalized spacial score (nSPS) is 17.9. The van der Waals surface area contributed by atoms with Crippen LogP contribution >= 0.6 is 0 Å². The number of rotatable bonds is 5. The third kappa shape index (κ3) is 3.97. The van der Waals surface area contributed by atoms with Crippen LogP contribution in [-0.4, -0.2) is 58.2 Å². The molecule has 7 nitrogen and oxygen atoms in total. The molecule has 24 heavy (non-hydrogen) atoms. The highest BCUT2D eigenvalue weighted by Crippen LogP contribution is 2.34. The summed E-state index contributed by atoms with van der Waals surface area (Å²) >= 11 is 0. The van der Waals surface area contributed by atoms with E-state index in [-0.39, 0.29) is 17.4 Å². The average molecular weight is 336 g/mol. The number of nitrogens with zero attached hydrogens (tertiary/aromatic N) is 1. The highest BCUT2D eigenvalue weighted by atomic mass is 16.5. The van der Waals surface area contributed by atoms with Crippen molar-refractivity contribution in [3.05, 3.63) is 17.7 Å². The van der Waals surface area contributed by atoms with Gasteiger partial charge in [0.15, 0.2) is 11.5 Å². The van der Waals surface area contributed by atoms with Crippen LogP contribution in [0.2, 0.25) is 0 Å². The zero-order valence-corrected chi connectivity index (χ0v) is 14.5. The Morgan fingerprint density at radius 3 is 2.42 bits per heavy atom. The van der Waals surface area contributed by atoms with Crippen molar-refractivity contribution in [1.29, 1.82) is 0 Å². The van der Waals surface area contributed by atoms with Crippen molar-refractivity contribution in [3.63, 3.8) is 0 Å². The lowest BCUT2D eigenvalue weighted by Gasteiger charge is -2.29. The van der Waals surface area contributed by atoms with Gasteiger partial charge in [-0.2, -0.15) is 0 Å². The second-order valence-corrected chi connectivity index (χ2v) is 5.84. The van der Waals surface area contributed by atoms with E-state index >= 15 is 0 Å². The number of nitrogens with one attached hydrogen (secondary N) is 1. The van der Waals surface area contributed by atoms with Gasteiger partial charge in [0.05, 0.1) is 38.5 Å². The average Bonchev–Trinajstić information content (AvgIpc) is 2.60. The second-order valence-electron chi connectivity index (χ2n) is 5.84. The van der Waals surface area contributed by atoms with Crippen LogP contribution in [0.3, 0.4) is 0 Å². The molecule has 0 saturated carbocycles. The number of hydrogen-bond acceptors (Lipinski definition) is 6. The van der Waals surface area contributed by atoms with Crippen LogP contribution in [0.25, 0.3) is 0 Å². The lowest BCUT2D eigenvalue weighted by Crippen LogP contribution is -2.38. The Kier molecular flexibility index (Phi) is 6.03. The number of anilines is 1. The van der Waals surface area contributed by atoms with Gasteiger partial charge in [0, 0.05) is 18.7 Å². The van der Waals surface area contributed by atoms with E-state index in [4.69, 9.17) is 14.2 Å². The molecule has 0 aliphatic carbocycles. The van der Waals surface area contributed by atoms with Gasteiger partial charge in [-0.3, -0.25) is 4.79 Å². The number of methoxy groups -OCH3 is 3. The zero-order valence-electron chi connectivity index (χ0n) is 14.5. The van der Waals surface area contributed by atoms with Crippen LogP contribution in [-0.2, 0) is 9.53 Å². The van der Waals surface area contributed by atoms with Gasteiger partial charge in [0.1, 0.15) is 0 Å². The Balaban J connectivity index is 2.29. The maximum absolute atomic E-state index is 12.6. The molecule has 1 aliphatic heterocycles. The SMILES string of the molecule is COC(=O)c1cc(OC)c(OC)cc1NC(=O)[C@H]1CCCN(C)C1. The summed E-state index contributed by atoms with van der Waals surface area (Å²) in [5.74, 6) is 0.0581. The molecule has 1 heterocycles. The van der Waals surface area contributed by atoms with E-state index in [1.807, 2.05) is 7.05 Å². The topological polar surface area (TPSA) is 77.1 Å². The van der Waals surface area contributed by atoms with Crippen LogP contribution < -0.4 is 14.8 Å². The van der Waals surface area contributed by atoms with Crippen molar-refractivity contribution in [3.8, 4) is 11.5 Å². The van der Waals surface area contributed by atoms with E-state index in [0.717, 1.165) is 19.4 Å². The zero-order chi connectivity index (χ0) is 17.7. The molecular weight excluding hydrogens is 312 g/mol. The summed E-state index contributed by atoms with van der Waals surface area (Å²) in [4.78, 5) is 26.7. The number of hydrogen-bond donors (Lipinski definition) is 1. The summed E-state index contributed by atoms with van der Waals surface area (Å²) in [6, 6.07) is 3.09. The number of piperidine rings is 1. The number of carbonyl (C=O) groups excluding carboxylic acids is 2. The van der Waals surface area contributed by atoms with E-state index in [9.17, 15) is 9.59 Å². The molecule has 0 bridgehead atoms. The molecule has 1 N–H and O–H groups in total. The summed E-state index contributed by atoms with van der Waals surface area (Å²) in [6.07, 6.45) is 1.81. The number of likely N-dealkylation sites (tertiary alicyclic amines) is 1. The van der Waals surface area contributed by atoms with Crippen LogP contribution in [0.15, 0.2) is 12.1 Å². The highest BCUT2D eigenvalue weighted by Gasteiger charge is 2.26. The van der Waals surface area contributed by atoms with Crippen molar-refractivity contribution in [1.82, 2.24) is 4.90 Å². The van der Waals surface area contributed by atoms with Crippen molar-refractivity contribution in [2.75, 3.05) is 46.8 Å². The predicted octanol–water partition coefficient (Wildman–Crippen LogP) is 1.77. The molecule has 0 unspecified atom stereocenters. The van der Waals surface area contributed by atoms with Crippen molar-refractivity contribution in [2.45, 2.75) is 12.8 Å². The number of benzene rings is 1. The molecule has 0 radical (unpaired) electrons. The van der Waals surface area contributed by atoms with Gasteiger partial charge >= 0.3 is 5.97 Å². The second kappa shape index (κ2) is 8.01. The first-order chi connectivity index (χ1) is 11.5. The first kappa shape index (κ1) is 18.1. The summed E-state index contributed by atoms with van der Waals surface area (Å²) < 4.78 is 15.3. The molecule has 0 spiro atoms. The first-order valence-corrected chi connectivity index (χ1v) is 7.83. The van der Waals surface area contributed by atoms with Crippen molar-refractivity contribution in [2.24, 2.45) is 5.92 Å².